The number of aryl methyl sites for hydroxylation is 1. The third kappa shape index (κ3) is 2.32. The Kier molecular flexibility index (Phi) is 2.96. The van der Waals surface area contributed by atoms with Gasteiger partial charge in [-0.1, -0.05) is 13.0 Å². The van der Waals surface area contributed by atoms with Crippen LogP contribution < -0.4 is 10.1 Å². The van der Waals surface area contributed by atoms with Crippen molar-refractivity contribution in [1.29, 1.82) is 0 Å². The van der Waals surface area contributed by atoms with E-state index in [1.54, 1.807) is 7.11 Å². The van der Waals surface area contributed by atoms with Crippen LogP contribution in [-0.4, -0.2) is 13.7 Å². The monoisotopic (exact) mass is 205 g/mol. The predicted octanol–water partition coefficient (Wildman–Crippen LogP) is 2.67. The molecule has 1 aromatic carbocycles. The van der Waals surface area contributed by atoms with Crippen molar-refractivity contribution in [3.05, 3.63) is 29.3 Å². The van der Waals surface area contributed by atoms with E-state index in [1.165, 1.54) is 17.5 Å². The highest BCUT2D eigenvalue weighted by atomic mass is 16.5. The van der Waals surface area contributed by atoms with Gasteiger partial charge in [-0.2, -0.15) is 0 Å². The van der Waals surface area contributed by atoms with Crippen molar-refractivity contribution < 1.29 is 4.74 Å². The Bertz CT molecular complexity index is 348. The largest absolute Gasteiger partial charge is 0.497 e. The van der Waals surface area contributed by atoms with Gasteiger partial charge in [0.15, 0.2) is 0 Å². The highest BCUT2D eigenvalue weighted by Crippen LogP contribution is 2.29. The zero-order valence-corrected chi connectivity index (χ0v) is 9.71. The molecule has 82 valence electrons. The van der Waals surface area contributed by atoms with Crippen LogP contribution in [0.4, 0.5) is 0 Å². The summed E-state index contributed by atoms with van der Waals surface area (Å²) in [6, 6.07) is 6.97. The molecule has 0 unspecified atom stereocenters. The first kappa shape index (κ1) is 10.5. The molecule has 0 amide bonds. The summed E-state index contributed by atoms with van der Waals surface area (Å²) in [5.74, 6) is 1.74. The highest BCUT2D eigenvalue weighted by Gasteiger charge is 2.22. The molecule has 1 aliphatic heterocycles. The zero-order valence-electron chi connectivity index (χ0n) is 9.71. The minimum atomic E-state index is 0.508. The maximum Gasteiger partial charge on any atom is 0.119 e. The summed E-state index contributed by atoms with van der Waals surface area (Å²) in [7, 11) is 1.73. The summed E-state index contributed by atoms with van der Waals surface area (Å²) in [6.07, 6.45) is 1.23. The molecular weight excluding hydrogens is 186 g/mol. The van der Waals surface area contributed by atoms with Crippen LogP contribution in [-0.2, 0) is 0 Å². The van der Waals surface area contributed by atoms with Crippen LogP contribution >= 0.6 is 0 Å². The average Bonchev–Trinajstić information content (AvgIpc) is 2.64. The molecule has 1 N–H and O–H groups in total. The first-order valence-electron chi connectivity index (χ1n) is 5.58. The fourth-order valence-electron chi connectivity index (χ4n) is 2.26. The topological polar surface area (TPSA) is 21.3 Å². The van der Waals surface area contributed by atoms with Gasteiger partial charge in [0.25, 0.3) is 0 Å². The first-order valence-corrected chi connectivity index (χ1v) is 5.58. The predicted molar refractivity (Wildman–Crippen MR) is 62.3 cm³/mol. The van der Waals surface area contributed by atoms with E-state index < -0.39 is 0 Å². The van der Waals surface area contributed by atoms with Crippen LogP contribution in [0.1, 0.15) is 30.5 Å². The third-order valence-corrected chi connectivity index (χ3v) is 3.06. The summed E-state index contributed by atoms with van der Waals surface area (Å²) in [5, 5.41) is 3.55. The fourth-order valence-corrected chi connectivity index (χ4v) is 2.26. The van der Waals surface area contributed by atoms with Crippen molar-refractivity contribution >= 4 is 0 Å². The van der Waals surface area contributed by atoms with E-state index in [0.29, 0.717) is 6.04 Å². The van der Waals surface area contributed by atoms with Gasteiger partial charge in [-0.3, -0.25) is 0 Å². The Labute approximate surface area is 91.6 Å². The van der Waals surface area contributed by atoms with E-state index in [4.69, 9.17) is 4.74 Å². The van der Waals surface area contributed by atoms with Crippen LogP contribution in [0.25, 0.3) is 0 Å². The Balaban J connectivity index is 2.24. The number of rotatable bonds is 2. The SMILES string of the molecule is COc1cc(C)cc([C@@H]2C[C@H](C)CN2)c1. The van der Waals surface area contributed by atoms with E-state index in [-0.39, 0.29) is 0 Å². The molecule has 0 bridgehead atoms. The molecule has 2 nitrogen and oxygen atoms in total. The van der Waals surface area contributed by atoms with Gasteiger partial charge in [0.1, 0.15) is 5.75 Å². The Morgan fingerprint density at radius 1 is 1.33 bits per heavy atom. The van der Waals surface area contributed by atoms with E-state index in [0.717, 1.165) is 18.2 Å². The molecule has 2 rings (SSSR count). The normalized spacial score (nSPS) is 25.5. The van der Waals surface area contributed by atoms with Gasteiger partial charge in [-0.25, -0.2) is 0 Å². The van der Waals surface area contributed by atoms with Crippen LogP contribution in [0.15, 0.2) is 18.2 Å². The molecule has 0 aromatic heterocycles. The van der Waals surface area contributed by atoms with Crippen LogP contribution in [0.5, 0.6) is 5.75 Å². The van der Waals surface area contributed by atoms with Crippen molar-refractivity contribution in [3.63, 3.8) is 0 Å². The summed E-state index contributed by atoms with van der Waals surface area (Å²) < 4.78 is 5.29. The maximum absolute atomic E-state index is 5.29. The first-order chi connectivity index (χ1) is 7.19. The lowest BCUT2D eigenvalue weighted by molar-refractivity contribution is 0.413. The standard InChI is InChI=1S/C13H19NO/c1-9-4-11(7-12(5-9)15-3)13-6-10(2)8-14-13/h4-5,7,10,13-14H,6,8H2,1-3H3/t10-,13-/m0/s1. The molecule has 1 aliphatic rings. The molecule has 1 heterocycles. The number of nitrogens with one attached hydrogen (secondary N) is 1. The second-order valence-electron chi connectivity index (χ2n) is 4.59. The van der Waals surface area contributed by atoms with Crippen molar-refractivity contribution in [1.82, 2.24) is 5.32 Å². The summed E-state index contributed by atoms with van der Waals surface area (Å²) in [4.78, 5) is 0. The maximum atomic E-state index is 5.29. The number of benzene rings is 1. The van der Waals surface area contributed by atoms with Crippen molar-refractivity contribution in [2.45, 2.75) is 26.3 Å². The summed E-state index contributed by atoms with van der Waals surface area (Å²) in [5.41, 5.74) is 2.63. The Morgan fingerprint density at radius 2 is 2.13 bits per heavy atom. The van der Waals surface area contributed by atoms with Gasteiger partial charge in [-0.05, 0) is 49.1 Å². The molecule has 2 atom stereocenters. The van der Waals surface area contributed by atoms with Crippen LogP contribution in [0.3, 0.4) is 0 Å². The van der Waals surface area contributed by atoms with Gasteiger partial charge in [0.2, 0.25) is 0 Å². The van der Waals surface area contributed by atoms with E-state index in [2.05, 4.69) is 37.4 Å². The highest BCUT2D eigenvalue weighted by molar-refractivity contribution is 5.35. The van der Waals surface area contributed by atoms with Crippen molar-refractivity contribution in [2.24, 2.45) is 5.92 Å². The molecule has 1 aromatic rings. The van der Waals surface area contributed by atoms with Crippen LogP contribution in [0.2, 0.25) is 0 Å². The number of ether oxygens (including phenoxy) is 1. The zero-order chi connectivity index (χ0) is 10.8. The summed E-state index contributed by atoms with van der Waals surface area (Å²) in [6.45, 7) is 5.53. The molecule has 0 spiro atoms. The molecular formula is C13H19NO. The van der Waals surface area contributed by atoms with Gasteiger partial charge in [0.05, 0.1) is 7.11 Å². The lowest BCUT2D eigenvalue weighted by Crippen LogP contribution is -2.13. The molecule has 0 aliphatic carbocycles. The minimum absolute atomic E-state index is 0.508. The second-order valence-corrected chi connectivity index (χ2v) is 4.59. The number of hydrogen-bond acceptors (Lipinski definition) is 2. The number of hydrogen-bond donors (Lipinski definition) is 1. The minimum Gasteiger partial charge on any atom is -0.497 e. The molecule has 0 saturated carbocycles. The Hall–Kier alpha value is -1.02. The second kappa shape index (κ2) is 4.23. The molecule has 1 saturated heterocycles. The fraction of sp³-hybridized carbons (Fsp3) is 0.538. The van der Waals surface area contributed by atoms with E-state index in [1.807, 2.05) is 0 Å². The van der Waals surface area contributed by atoms with Gasteiger partial charge < -0.3 is 10.1 Å². The van der Waals surface area contributed by atoms with Crippen molar-refractivity contribution in [2.75, 3.05) is 13.7 Å². The number of methoxy groups -OCH3 is 1. The van der Waals surface area contributed by atoms with Crippen LogP contribution in [0, 0.1) is 12.8 Å². The lowest BCUT2D eigenvalue weighted by atomic mass is 9.99. The van der Waals surface area contributed by atoms with Gasteiger partial charge >= 0.3 is 0 Å². The van der Waals surface area contributed by atoms with Crippen molar-refractivity contribution in [3.8, 4) is 5.75 Å². The smallest absolute Gasteiger partial charge is 0.119 e. The van der Waals surface area contributed by atoms with Gasteiger partial charge in [-0.15, -0.1) is 0 Å². The van der Waals surface area contributed by atoms with E-state index >= 15 is 0 Å². The molecule has 1 fully saturated rings. The summed E-state index contributed by atoms with van der Waals surface area (Å²) >= 11 is 0. The lowest BCUT2D eigenvalue weighted by Gasteiger charge is -2.13. The van der Waals surface area contributed by atoms with E-state index in [9.17, 15) is 0 Å². The van der Waals surface area contributed by atoms with Gasteiger partial charge in [0, 0.05) is 6.04 Å². The third-order valence-electron chi connectivity index (χ3n) is 3.06. The molecule has 2 heteroatoms. The molecule has 15 heavy (non-hydrogen) atoms. The quantitative estimate of drug-likeness (QED) is 0.801. The molecule has 0 radical (unpaired) electrons. The average molecular weight is 205 g/mol. The Morgan fingerprint density at radius 3 is 2.73 bits per heavy atom.